The molecule has 24 heavy (non-hydrogen) atoms. The lowest BCUT2D eigenvalue weighted by Gasteiger charge is -2.30. The van der Waals surface area contributed by atoms with Gasteiger partial charge < -0.3 is 10.2 Å². The maximum atomic E-state index is 12.2. The van der Waals surface area contributed by atoms with E-state index in [1.807, 2.05) is 35.9 Å². The highest BCUT2D eigenvalue weighted by Crippen LogP contribution is 2.17. The van der Waals surface area contributed by atoms with Crippen LogP contribution in [0.2, 0.25) is 0 Å². The number of aromatic nitrogens is 3. The zero-order chi connectivity index (χ0) is 16.9. The molecule has 0 unspecified atom stereocenters. The molecule has 0 aliphatic carbocycles. The molecular formula is C18H27N5O. The first kappa shape index (κ1) is 16.9. The molecular weight excluding hydrogens is 302 g/mol. The van der Waals surface area contributed by atoms with Crippen molar-refractivity contribution in [3.05, 3.63) is 24.3 Å². The van der Waals surface area contributed by atoms with Gasteiger partial charge in [0, 0.05) is 19.5 Å². The van der Waals surface area contributed by atoms with Crippen molar-refractivity contribution in [2.45, 2.75) is 39.2 Å². The Balaban J connectivity index is 1.44. The van der Waals surface area contributed by atoms with Crippen molar-refractivity contribution in [3.8, 4) is 0 Å². The predicted molar refractivity (Wildman–Crippen MR) is 94.7 cm³/mol. The van der Waals surface area contributed by atoms with Crippen molar-refractivity contribution in [3.63, 3.8) is 0 Å². The molecule has 2 aromatic rings. The van der Waals surface area contributed by atoms with Gasteiger partial charge in [0.2, 0.25) is 5.91 Å². The predicted octanol–water partition coefficient (Wildman–Crippen LogP) is 2.23. The van der Waals surface area contributed by atoms with Gasteiger partial charge >= 0.3 is 0 Å². The molecule has 1 aromatic heterocycles. The van der Waals surface area contributed by atoms with E-state index in [2.05, 4.69) is 27.5 Å². The Morgan fingerprint density at radius 3 is 2.88 bits per heavy atom. The van der Waals surface area contributed by atoms with Crippen molar-refractivity contribution in [2.75, 3.05) is 26.2 Å². The zero-order valence-corrected chi connectivity index (χ0v) is 14.6. The van der Waals surface area contributed by atoms with Gasteiger partial charge in [-0.25, -0.2) is 4.68 Å². The summed E-state index contributed by atoms with van der Waals surface area (Å²) in [7, 11) is 0. The van der Waals surface area contributed by atoms with Gasteiger partial charge in [-0.3, -0.25) is 4.79 Å². The molecule has 0 bridgehead atoms. The van der Waals surface area contributed by atoms with E-state index in [-0.39, 0.29) is 11.9 Å². The number of nitrogens with one attached hydrogen (secondary N) is 1. The molecule has 1 saturated heterocycles. The Morgan fingerprint density at radius 1 is 1.33 bits per heavy atom. The van der Waals surface area contributed by atoms with E-state index in [4.69, 9.17) is 0 Å². The first-order valence-corrected chi connectivity index (χ1v) is 8.92. The van der Waals surface area contributed by atoms with Crippen LogP contribution in [0.25, 0.3) is 11.0 Å². The van der Waals surface area contributed by atoms with Crippen LogP contribution in [0.1, 0.15) is 39.2 Å². The van der Waals surface area contributed by atoms with Gasteiger partial charge in [-0.1, -0.05) is 24.3 Å². The van der Waals surface area contributed by atoms with Gasteiger partial charge in [0.25, 0.3) is 0 Å². The highest BCUT2D eigenvalue weighted by atomic mass is 16.1. The molecule has 0 spiro atoms. The first-order chi connectivity index (χ1) is 11.6. The molecule has 0 radical (unpaired) electrons. The third-order valence-electron chi connectivity index (χ3n) is 4.90. The number of hydrogen-bond donors (Lipinski definition) is 1. The van der Waals surface area contributed by atoms with Gasteiger partial charge in [0.1, 0.15) is 5.52 Å². The van der Waals surface area contributed by atoms with Crippen LogP contribution in [0.15, 0.2) is 24.3 Å². The molecule has 1 aromatic carbocycles. The maximum Gasteiger partial charge on any atom is 0.222 e. The van der Waals surface area contributed by atoms with Crippen LogP contribution in [0, 0.1) is 5.92 Å². The molecule has 6 nitrogen and oxygen atoms in total. The van der Waals surface area contributed by atoms with Crippen LogP contribution in [0.5, 0.6) is 0 Å². The van der Waals surface area contributed by atoms with Crippen molar-refractivity contribution in [1.82, 2.24) is 25.2 Å². The Bertz CT molecular complexity index is 675. The number of benzene rings is 1. The number of hydrogen-bond acceptors (Lipinski definition) is 4. The topological polar surface area (TPSA) is 63.1 Å². The fourth-order valence-electron chi connectivity index (χ4n) is 3.28. The van der Waals surface area contributed by atoms with Crippen LogP contribution in [0.4, 0.5) is 0 Å². The Hall–Kier alpha value is -1.95. The Kier molecular flexibility index (Phi) is 5.45. The smallest absolute Gasteiger partial charge is 0.222 e. The molecule has 2 heterocycles. The van der Waals surface area contributed by atoms with Crippen LogP contribution in [-0.4, -0.2) is 52.0 Å². The fraction of sp³-hybridized carbons (Fsp3) is 0.611. The lowest BCUT2D eigenvalue weighted by atomic mass is 9.99. The normalized spacial score (nSPS) is 17.9. The summed E-state index contributed by atoms with van der Waals surface area (Å²) in [6.07, 6.45) is 2.96. The summed E-state index contributed by atoms with van der Waals surface area (Å²) < 4.78 is 1.83. The molecule has 1 N–H and O–H groups in total. The average Bonchev–Trinajstić information content (AvgIpc) is 3.01. The summed E-state index contributed by atoms with van der Waals surface area (Å²) in [5.74, 6) is 0.918. The number of fused-ring (bicyclic) bond motifs is 1. The van der Waals surface area contributed by atoms with E-state index >= 15 is 0 Å². The molecule has 130 valence electrons. The second kappa shape index (κ2) is 7.75. The summed E-state index contributed by atoms with van der Waals surface area (Å²) in [5, 5.41) is 11.4. The summed E-state index contributed by atoms with van der Waals surface area (Å²) in [6, 6.07) is 7.83. The Labute approximate surface area is 143 Å². The Morgan fingerprint density at radius 2 is 2.08 bits per heavy atom. The molecule has 1 aliphatic rings. The maximum absolute atomic E-state index is 12.2. The van der Waals surface area contributed by atoms with Crippen LogP contribution in [0.3, 0.4) is 0 Å². The highest BCUT2D eigenvalue weighted by molar-refractivity contribution is 5.77. The molecule has 3 rings (SSSR count). The third-order valence-corrected chi connectivity index (χ3v) is 4.90. The molecule has 1 fully saturated rings. The van der Waals surface area contributed by atoms with Gasteiger partial charge in [-0.15, -0.1) is 5.10 Å². The van der Waals surface area contributed by atoms with Crippen molar-refractivity contribution in [1.29, 1.82) is 0 Å². The number of nitrogens with zero attached hydrogens (tertiary/aromatic N) is 4. The van der Waals surface area contributed by atoms with E-state index in [0.29, 0.717) is 6.42 Å². The summed E-state index contributed by atoms with van der Waals surface area (Å²) in [6.45, 7) is 8.29. The third kappa shape index (κ3) is 4.12. The largest absolute Gasteiger partial charge is 0.355 e. The quantitative estimate of drug-likeness (QED) is 0.883. The zero-order valence-electron chi connectivity index (χ0n) is 14.6. The molecule has 6 heteroatoms. The number of rotatable bonds is 6. The number of amides is 1. The summed E-state index contributed by atoms with van der Waals surface area (Å²) in [4.78, 5) is 14.6. The van der Waals surface area contributed by atoms with Gasteiger partial charge in [0.05, 0.1) is 11.6 Å². The number of piperidine rings is 1. The van der Waals surface area contributed by atoms with Crippen molar-refractivity contribution >= 4 is 16.9 Å². The fourth-order valence-corrected chi connectivity index (χ4v) is 3.28. The standard InChI is InChI=1S/C18H27N5O/c1-14-7-10-22(11-8-14)12-9-19-18(24)13-15(2)23-17-6-4-3-5-16(17)20-21-23/h3-6,14-15H,7-13H2,1-2H3,(H,19,24)/t15-/m0/s1. The second-order valence-corrected chi connectivity index (χ2v) is 6.95. The minimum Gasteiger partial charge on any atom is -0.355 e. The van der Waals surface area contributed by atoms with Gasteiger partial charge in [-0.05, 0) is 50.9 Å². The van der Waals surface area contributed by atoms with Crippen LogP contribution < -0.4 is 5.32 Å². The van der Waals surface area contributed by atoms with Crippen molar-refractivity contribution < 1.29 is 4.79 Å². The molecule has 1 amide bonds. The highest BCUT2D eigenvalue weighted by Gasteiger charge is 2.17. The average molecular weight is 329 g/mol. The lowest BCUT2D eigenvalue weighted by molar-refractivity contribution is -0.121. The van der Waals surface area contributed by atoms with E-state index < -0.39 is 0 Å². The number of carbonyl (C=O) groups is 1. The van der Waals surface area contributed by atoms with E-state index in [9.17, 15) is 4.79 Å². The minimum atomic E-state index is -0.00626. The SMILES string of the molecule is CC1CCN(CCNC(=O)C[C@H](C)n2nnc3ccccc32)CC1. The second-order valence-electron chi connectivity index (χ2n) is 6.95. The number of likely N-dealkylation sites (tertiary alicyclic amines) is 1. The molecule has 1 aliphatic heterocycles. The van der Waals surface area contributed by atoms with Gasteiger partial charge in [-0.2, -0.15) is 0 Å². The molecule has 1 atom stereocenters. The molecule has 0 saturated carbocycles. The van der Waals surface area contributed by atoms with E-state index in [0.717, 1.165) is 43.1 Å². The summed E-state index contributed by atoms with van der Waals surface area (Å²) in [5.41, 5.74) is 1.84. The number of para-hydroxylation sites is 1. The van der Waals surface area contributed by atoms with E-state index in [1.54, 1.807) is 0 Å². The lowest BCUT2D eigenvalue weighted by Crippen LogP contribution is -2.39. The van der Waals surface area contributed by atoms with E-state index in [1.165, 1.54) is 12.8 Å². The van der Waals surface area contributed by atoms with Gasteiger partial charge in [0.15, 0.2) is 0 Å². The minimum absolute atomic E-state index is 0.00626. The summed E-state index contributed by atoms with van der Waals surface area (Å²) >= 11 is 0. The van der Waals surface area contributed by atoms with Crippen LogP contribution in [-0.2, 0) is 4.79 Å². The first-order valence-electron chi connectivity index (χ1n) is 8.92. The number of carbonyl (C=O) groups excluding carboxylic acids is 1. The van der Waals surface area contributed by atoms with Crippen LogP contribution >= 0.6 is 0 Å². The van der Waals surface area contributed by atoms with Crippen molar-refractivity contribution in [2.24, 2.45) is 5.92 Å². The monoisotopic (exact) mass is 329 g/mol.